The van der Waals surface area contributed by atoms with Crippen molar-refractivity contribution in [3.05, 3.63) is 56.4 Å². The Bertz CT molecular complexity index is 1160. The lowest BCUT2D eigenvalue weighted by Gasteiger charge is -2.18. The fraction of sp³-hybridized carbons (Fsp3) is 0.435. The molecule has 0 bridgehead atoms. The number of nitrogens with zero attached hydrogens (tertiary/aromatic N) is 3. The van der Waals surface area contributed by atoms with Crippen LogP contribution in [-0.2, 0) is 30.7 Å². The maximum absolute atomic E-state index is 13.5. The van der Waals surface area contributed by atoms with Crippen LogP contribution >= 0.6 is 11.3 Å². The summed E-state index contributed by atoms with van der Waals surface area (Å²) >= 11 is 1.65. The van der Waals surface area contributed by atoms with Gasteiger partial charge in [0.05, 0.1) is 11.9 Å². The van der Waals surface area contributed by atoms with E-state index < -0.39 is 0 Å². The average molecular weight is 425 g/mol. The number of rotatable bonds is 5. The Morgan fingerprint density at radius 3 is 2.83 bits per heavy atom. The van der Waals surface area contributed by atoms with Gasteiger partial charge in [-0.05, 0) is 63.4 Å². The third-order valence-corrected chi connectivity index (χ3v) is 6.82. The van der Waals surface area contributed by atoms with Crippen LogP contribution in [-0.4, -0.2) is 34.5 Å². The normalized spacial score (nSPS) is 16.1. The highest BCUT2D eigenvalue weighted by Gasteiger charge is 2.25. The molecule has 1 aliphatic rings. The number of anilines is 1. The molecule has 30 heavy (non-hydrogen) atoms. The Balaban J connectivity index is 1.75. The molecule has 6 nitrogen and oxygen atoms in total. The molecular formula is C23H28N4O2S. The molecule has 0 radical (unpaired) electrons. The first-order valence-corrected chi connectivity index (χ1v) is 11.2. The highest BCUT2D eigenvalue weighted by atomic mass is 32.1. The van der Waals surface area contributed by atoms with Gasteiger partial charge >= 0.3 is 0 Å². The van der Waals surface area contributed by atoms with E-state index in [2.05, 4.69) is 12.2 Å². The summed E-state index contributed by atoms with van der Waals surface area (Å²) in [4.78, 5) is 35.3. The van der Waals surface area contributed by atoms with Crippen LogP contribution in [0.25, 0.3) is 10.2 Å². The first-order chi connectivity index (χ1) is 14.3. The van der Waals surface area contributed by atoms with Gasteiger partial charge in [-0.2, -0.15) is 0 Å². The van der Waals surface area contributed by atoms with Crippen LogP contribution in [0.4, 0.5) is 5.69 Å². The second-order valence-corrected chi connectivity index (χ2v) is 9.64. The Hall–Kier alpha value is -2.51. The SMILES string of the molecule is Cc1ccccc1NC(=O)Cn1c(CN(C)C)nc2sc3c(c2c1=O)CCC(C)C3. The van der Waals surface area contributed by atoms with E-state index in [1.807, 2.05) is 50.2 Å². The molecule has 0 saturated carbocycles. The number of aromatic nitrogens is 2. The van der Waals surface area contributed by atoms with Gasteiger partial charge in [0.15, 0.2) is 0 Å². The molecule has 158 valence electrons. The van der Waals surface area contributed by atoms with E-state index in [1.54, 1.807) is 15.9 Å². The zero-order chi connectivity index (χ0) is 21.4. The minimum atomic E-state index is -0.217. The zero-order valence-electron chi connectivity index (χ0n) is 18.0. The number of carbonyl (C=O) groups is 1. The number of fused-ring (bicyclic) bond motifs is 3. The minimum Gasteiger partial charge on any atom is -0.324 e. The van der Waals surface area contributed by atoms with Gasteiger partial charge in [-0.15, -0.1) is 11.3 Å². The van der Waals surface area contributed by atoms with Crippen LogP contribution in [0, 0.1) is 12.8 Å². The molecule has 7 heteroatoms. The Labute approximate surface area is 180 Å². The van der Waals surface area contributed by atoms with Crippen molar-refractivity contribution in [1.29, 1.82) is 0 Å². The van der Waals surface area contributed by atoms with Gasteiger partial charge in [0.1, 0.15) is 17.2 Å². The molecule has 1 aromatic carbocycles. The maximum atomic E-state index is 13.5. The van der Waals surface area contributed by atoms with Crippen LogP contribution in [0.1, 0.15) is 35.2 Å². The number of para-hydroxylation sites is 1. The van der Waals surface area contributed by atoms with Crippen LogP contribution in [0.3, 0.4) is 0 Å². The smallest absolute Gasteiger partial charge is 0.263 e. The summed E-state index contributed by atoms with van der Waals surface area (Å²) in [5, 5.41) is 3.65. The van der Waals surface area contributed by atoms with E-state index in [4.69, 9.17) is 4.98 Å². The number of hydrogen-bond donors (Lipinski definition) is 1. The molecule has 2 heterocycles. The molecular weight excluding hydrogens is 396 g/mol. The van der Waals surface area contributed by atoms with E-state index in [0.29, 0.717) is 23.7 Å². The van der Waals surface area contributed by atoms with Gasteiger partial charge in [-0.3, -0.25) is 14.2 Å². The predicted molar refractivity (Wildman–Crippen MR) is 122 cm³/mol. The lowest BCUT2D eigenvalue weighted by atomic mass is 9.89. The third-order valence-electron chi connectivity index (χ3n) is 5.67. The van der Waals surface area contributed by atoms with E-state index in [-0.39, 0.29) is 18.0 Å². The van der Waals surface area contributed by atoms with Crippen molar-refractivity contribution in [2.75, 3.05) is 19.4 Å². The van der Waals surface area contributed by atoms with Crippen molar-refractivity contribution in [2.24, 2.45) is 5.92 Å². The number of benzene rings is 1. The van der Waals surface area contributed by atoms with Crippen molar-refractivity contribution in [3.63, 3.8) is 0 Å². The summed E-state index contributed by atoms with van der Waals surface area (Å²) in [5.74, 6) is 1.04. The second-order valence-electron chi connectivity index (χ2n) is 8.55. The quantitative estimate of drug-likeness (QED) is 0.680. The monoisotopic (exact) mass is 424 g/mol. The molecule has 1 aliphatic carbocycles. The molecule has 0 saturated heterocycles. The maximum Gasteiger partial charge on any atom is 0.263 e. The molecule has 1 amide bonds. The van der Waals surface area contributed by atoms with Gasteiger partial charge in [0, 0.05) is 10.6 Å². The summed E-state index contributed by atoms with van der Waals surface area (Å²) in [6, 6.07) is 7.64. The molecule has 4 rings (SSSR count). The van der Waals surface area contributed by atoms with E-state index in [9.17, 15) is 9.59 Å². The molecule has 0 spiro atoms. The molecule has 1 unspecified atom stereocenters. The largest absolute Gasteiger partial charge is 0.324 e. The van der Waals surface area contributed by atoms with Crippen LogP contribution in [0.5, 0.6) is 0 Å². The highest BCUT2D eigenvalue weighted by Crippen LogP contribution is 2.35. The Kier molecular flexibility index (Phi) is 5.75. The van der Waals surface area contributed by atoms with Crippen LogP contribution < -0.4 is 10.9 Å². The zero-order valence-corrected chi connectivity index (χ0v) is 18.8. The molecule has 0 aliphatic heterocycles. The first kappa shape index (κ1) is 20.8. The topological polar surface area (TPSA) is 67.2 Å². The van der Waals surface area contributed by atoms with E-state index in [1.165, 1.54) is 4.88 Å². The number of thiophene rings is 1. The fourth-order valence-corrected chi connectivity index (χ4v) is 5.47. The molecule has 3 aromatic rings. The van der Waals surface area contributed by atoms with Crippen LogP contribution in [0.2, 0.25) is 0 Å². The van der Waals surface area contributed by atoms with Crippen LogP contribution in [0.15, 0.2) is 29.1 Å². The summed E-state index contributed by atoms with van der Waals surface area (Å²) in [6.07, 6.45) is 3.01. The lowest BCUT2D eigenvalue weighted by Crippen LogP contribution is -2.33. The van der Waals surface area contributed by atoms with Gasteiger partial charge < -0.3 is 10.2 Å². The minimum absolute atomic E-state index is 0.0414. The number of hydrogen-bond acceptors (Lipinski definition) is 5. The van der Waals surface area contributed by atoms with E-state index in [0.717, 1.165) is 40.9 Å². The Morgan fingerprint density at radius 1 is 1.33 bits per heavy atom. The number of amides is 1. The van der Waals surface area contributed by atoms with Crippen molar-refractivity contribution < 1.29 is 4.79 Å². The number of aryl methyl sites for hydroxylation is 2. The summed E-state index contributed by atoms with van der Waals surface area (Å²) < 4.78 is 1.56. The fourth-order valence-electron chi connectivity index (χ4n) is 4.08. The van der Waals surface area contributed by atoms with Gasteiger partial charge in [-0.1, -0.05) is 25.1 Å². The van der Waals surface area contributed by atoms with Gasteiger partial charge in [-0.25, -0.2) is 4.98 Å². The summed E-state index contributed by atoms with van der Waals surface area (Å²) in [5.41, 5.74) is 2.81. The lowest BCUT2D eigenvalue weighted by molar-refractivity contribution is -0.116. The predicted octanol–water partition coefficient (Wildman–Crippen LogP) is 3.59. The molecule has 2 aromatic heterocycles. The summed E-state index contributed by atoms with van der Waals surface area (Å²) in [7, 11) is 3.88. The third kappa shape index (κ3) is 4.04. The van der Waals surface area contributed by atoms with Crippen molar-refractivity contribution in [3.8, 4) is 0 Å². The average Bonchev–Trinajstić information content (AvgIpc) is 3.03. The first-order valence-electron chi connectivity index (χ1n) is 10.4. The van der Waals surface area contributed by atoms with Crippen molar-refractivity contribution in [2.45, 2.75) is 46.2 Å². The Morgan fingerprint density at radius 2 is 2.10 bits per heavy atom. The molecule has 1 atom stereocenters. The summed E-state index contributed by atoms with van der Waals surface area (Å²) in [6.45, 7) is 4.67. The molecule has 0 fully saturated rings. The van der Waals surface area contributed by atoms with Gasteiger partial charge in [0.25, 0.3) is 5.56 Å². The van der Waals surface area contributed by atoms with Crippen molar-refractivity contribution in [1.82, 2.24) is 14.5 Å². The van der Waals surface area contributed by atoms with Gasteiger partial charge in [0.2, 0.25) is 5.91 Å². The number of carbonyl (C=O) groups excluding carboxylic acids is 1. The number of nitrogens with one attached hydrogen (secondary N) is 1. The van der Waals surface area contributed by atoms with Crippen molar-refractivity contribution >= 4 is 33.1 Å². The second kappa shape index (κ2) is 8.32. The van der Waals surface area contributed by atoms with E-state index >= 15 is 0 Å². The standard InChI is InChI=1S/C23H28N4O2S/c1-14-9-10-16-18(11-14)30-22-21(16)23(29)27(19(25-22)12-26(3)4)13-20(28)24-17-8-6-5-7-15(17)2/h5-8,14H,9-13H2,1-4H3,(H,24,28). The molecule has 1 N–H and O–H groups in total. The highest BCUT2D eigenvalue weighted by molar-refractivity contribution is 7.18.